The second kappa shape index (κ2) is 8.36. The molecule has 0 aromatic heterocycles. The van der Waals surface area contributed by atoms with Crippen molar-refractivity contribution in [3.63, 3.8) is 0 Å². The maximum absolute atomic E-state index is 12.6. The van der Waals surface area contributed by atoms with Crippen LogP contribution in [0.25, 0.3) is 10.8 Å². The lowest BCUT2D eigenvalue weighted by Gasteiger charge is -2.17. The average molecular weight is 364 g/mol. The summed E-state index contributed by atoms with van der Waals surface area (Å²) >= 11 is 0. The molecule has 1 atom stereocenters. The van der Waals surface area contributed by atoms with E-state index in [0.29, 0.717) is 12.2 Å². The number of hydrogen-bond donors (Lipinski definition) is 0. The number of hydrogen-bond acceptors (Lipinski definition) is 5. The van der Waals surface area contributed by atoms with Crippen molar-refractivity contribution in [2.24, 2.45) is 0 Å². The summed E-state index contributed by atoms with van der Waals surface area (Å²) < 4.78 is 16.1. The molecule has 0 N–H and O–H groups in total. The van der Waals surface area contributed by atoms with Crippen LogP contribution in [0.15, 0.2) is 66.7 Å². The first-order valence-electron chi connectivity index (χ1n) is 8.67. The fourth-order valence-electron chi connectivity index (χ4n) is 2.71. The molecule has 0 spiro atoms. The third kappa shape index (κ3) is 4.26. The zero-order valence-electron chi connectivity index (χ0n) is 15.2. The second-order valence-corrected chi connectivity index (χ2v) is 5.94. The molecule has 138 valence electrons. The highest BCUT2D eigenvalue weighted by atomic mass is 16.6. The minimum Gasteiger partial charge on any atom is -0.479 e. The topological polar surface area (TPSA) is 61.8 Å². The van der Waals surface area contributed by atoms with Gasteiger partial charge in [0.25, 0.3) is 0 Å². The van der Waals surface area contributed by atoms with Crippen molar-refractivity contribution >= 4 is 22.7 Å². The maximum atomic E-state index is 12.6. The molecular weight excluding hydrogens is 344 g/mol. The Labute approximate surface area is 157 Å². The van der Waals surface area contributed by atoms with Crippen LogP contribution < -0.4 is 9.47 Å². The highest BCUT2D eigenvalue weighted by molar-refractivity contribution is 5.99. The van der Waals surface area contributed by atoms with Crippen LogP contribution in [-0.4, -0.2) is 25.2 Å². The van der Waals surface area contributed by atoms with E-state index in [9.17, 15) is 9.59 Å². The first kappa shape index (κ1) is 18.5. The third-order valence-electron chi connectivity index (χ3n) is 4.12. The molecule has 3 aromatic carbocycles. The molecule has 5 heteroatoms. The lowest BCUT2D eigenvalue weighted by atomic mass is 10.1. The molecule has 0 aliphatic carbocycles. The highest BCUT2D eigenvalue weighted by Gasteiger charge is 2.24. The zero-order chi connectivity index (χ0) is 19.2. The fourth-order valence-corrected chi connectivity index (χ4v) is 2.71. The number of rotatable bonds is 6. The van der Waals surface area contributed by atoms with E-state index in [1.807, 2.05) is 49.4 Å². The zero-order valence-corrected chi connectivity index (χ0v) is 15.2. The highest BCUT2D eigenvalue weighted by Crippen LogP contribution is 2.27. The van der Waals surface area contributed by atoms with Gasteiger partial charge in [0, 0.05) is 0 Å². The lowest BCUT2D eigenvalue weighted by molar-refractivity contribution is -0.142. The summed E-state index contributed by atoms with van der Waals surface area (Å²) in [6.07, 6.45) is -0.362. The summed E-state index contributed by atoms with van der Waals surface area (Å²) in [5.74, 6) is -0.406. The molecule has 0 saturated carbocycles. The van der Waals surface area contributed by atoms with E-state index in [2.05, 4.69) is 0 Å². The third-order valence-corrected chi connectivity index (χ3v) is 4.12. The molecule has 5 nitrogen and oxygen atoms in total. The van der Waals surface area contributed by atoms with Gasteiger partial charge in [0.05, 0.1) is 7.11 Å². The monoisotopic (exact) mass is 364 g/mol. The molecule has 3 aromatic rings. The van der Waals surface area contributed by atoms with Gasteiger partial charge in [0.15, 0.2) is 6.10 Å². The summed E-state index contributed by atoms with van der Waals surface area (Å²) in [4.78, 5) is 24.8. The van der Waals surface area contributed by atoms with Crippen LogP contribution >= 0.6 is 0 Å². The Morgan fingerprint density at radius 3 is 2.19 bits per heavy atom. The maximum Gasteiger partial charge on any atom is 0.352 e. The summed E-state index contributed by atoms with van der Waals surface area (Å²) in [5, 5.41) is 1.70. The summed E-state index contributed by atoms with van der Waals surface area (Å²) in [6, 6.07) is 19.9. The number of esters is 2. The number of methoxy groups -OCH3 is 1. The Morgan fingerprint density at radius 1 is 0.926 bits per heavy atom. The second-order valence-electron chi connectivity index (χ2n) is 5.94. The van der Waals surface area contributed by atoms with Crippen molar-refractivity contribution in [3.05, 3.63) is 72.3 Å². The van der Waals surface area contributed by atoms with Gasteiger partial charge in [-0.3, -0.25) is 0 Å². The number of fused-ring (bicyclic) bond motifs is 1. The molecule has 0 saturated heterocycles. The average Bonchev–Trinajstić information content (AvgIpc) is 2.71. The van der Waals surface area contributed by atoms with E-state index in [-0.39, 0.29) is 11.3 Å². The normalized spacial score (nSPS) is 11.6. The van der Waals surface area contributed by atoms with Crippen LogP contribution in [-0.2, 0) is 9.53 Å². The van der Waals surface area contributed by atoms with Gasteiger partial charge in [-0.1, -0.05) is 49.4 Å². The van der Waals surface area contributed by atoms with Gasteiger partial charge in [-0.05, 0) is 41.5 Å². The lowest BCUT2D eigenvalue weighted by Crippen LogP contribution is -2.31. The van der Waals surface area contributed by atoms with Crippen LogP contribution in [0.3, 0.4) is 0 Å². The van der Waals surface area contributed by atoms with E-state index < -0.39 is 18.0 Å². The first-order valence-corrected chi connectivity index (χ1v) is 8.67. The number of benzene rings is 3. The molecule has 0 amide bonds. The van der Waals surface area contributed by atoms with Crippen molar-refractivity contribution in [1.82, 2.24) is 0 Å². The molecule has 0 radical (unpaired) electrons. The predicted molar refractivity (Wildman–Crippen MR) is 102 cm³/mol. The van der Waals surface area contributed by atoms with Crippen molar-refractivity contribution in [3.8, 4) is 11.5 Å². The summed E-state index contributed by atoms with van der Waals surface area (Å²) in [5.41, 5.74) is 0.194. The predicted octanol–water partition coefficient (Wildman–Crippen LogP) is 4.39. The smallest absolute Gasteiger partial charge is 0.352 e. The Hall–Kier alpha value is -3.34. The van der Waals surface area contributed by atoms with E-state index >= 15 is 0 Å². The van der Waals surface area contributed by atoms with Crippen molar-refractivity contribution in [1.29, 1.82) is 0 Å². The van der Waals surface area contributed by atoms with Crippen molar-refractivity contribution in [2.45, 2.75) is 19.4 Å². The molecular formula is C22H20O5. The molecule has 3 rings (SSSR count). The van der Waals surface area contributed by atoms with Crippen LogP contribution in [0.5, 0.6) is 11.5 Å². The van der Waals surface area contributed by atoms with E-state index in [4.69, 9.17) is 14.2 Å². The first-order chi connectivity index (χ1) is 13.1. The largest absolute Gasteiger partial charge is 0.479 e. The van der Waals surface area contributed by atoms with E-state index in [1.165, 1.54) is 7.11 Å². The fraction of sp³-hybridized carbons (Fsp3) is 0.182. The number of carbonyl (C=O) groups is 2. The van der Waals surface area contributed by atoms with Crippen LogP contribution in [0.1, 0.15) is 23.7 Å². The van der Waals surface area contributed by atoms with Gasteiger partial charge in [-0.25, -0.2) is 9.59 Å². The molecule has 0 bridgehead atoms. The molecule has 0 heterocycles. The molecule has 0 fully saturated rings. The van der Waals surface area contributed by atoms with Gasteiger partial charge in [-0.2, -0.15) is 0 Å². The summed E-state index contributed by atoms with van der Waals surface area (Å²) in [7, 11) is 1.29. The Kier molecular flexibility index (Phi) is 5.71. The van der Waals surface area contributed by atoms with Gasteiger partial charge >= 0.3 is 11.9 Å². The van der Waals surface area contributed by atoms with Gasteiger partial charge < -0.3 is 14.2 Å². The Morgan fingerprint density at radius 2 is 1.56 bits per heavy atom. The quantitative estimate of drug-likeness (QED) is 0.479. The van der Waals surface area contributed by atoms with Crippen LogP contribution in [0.2, 0.25) is 0 Å². The van der Waals surface area contributed by atoms with Gasteiger partial charge in [-0.15, -0.1) is 0 Å². The molecule has 0 aliphatic rings. The molecule has 0 aliphatic heterocycles. The van der Waals surface area contributed by atoms with Gasteiger partial charge in [0.1, 0.15) is 17.1 Å². The minimum atomic E-state index is -0.788. The number of carbonyl (C=O) groups excluding carboxylic acids is 2. The van der Waals surface area contributed by atoms with Crippen molar-refractivity contribution < 1.29 is 23.8 Å². The minimum absolute atomic E-state index is 0.153. The van der Waals surface area contributed by atoms with E-state index in [1.54, 1.807) is 24.3 Å². The van der Waals surface area contributed by atoms with E-state index in [0.717, 1.165) is 10.8 Å². The molecule has 1 unspecified atom stereocenters. The Bertz CT molecular complexity index is 949. The number of ether oxygens (including phenoxy) is 3. The van der Waals surface area contributed by atoms with Crippen LogP contribution in [0.4, 0.5) is 0 Å². The summed E-state index contributed by atoms with van der Waals surface area (Å²) in [6.45, 7) is 1.83. The number of para-hydroxylation sites is 1. The molecule has 27 heavy (non-hydrogen) atoms. The van der Waals surface area contributed by atoms with Crippen molar-refractivity contribution in [2.75, 3.05) is 7.11 Å². The van der Waals surface area contributed by atoms with Crippen LogP contribution in [0, 0.1) is 0 Å². The standard InChI is InChI=1S/C22H20O5/c1-3-19(26-17-11-5-4-6-12-17)22(24)27-20-14-16-10-8-7-9-15(16)13-18(20)21(23)25-2/h4-14,19H,3H2,1-2H3. The SMILES string of the molecule is CCC(Oc1ccccc1)C(=O)Oc1cc2ccccc2cc1C(=O)OC. The Balaban J connectivity index is 1.89. The van der Waals surface area contributed by atoms with Gasteiger partial charge in [0.2, 0.25) is 0 Å².